The molecule has 0 aliphatic carbocycles. The lowest BCUT2D eigenvalue weighted by molar-refractivity contribution is 0.624. The summed E-state index contributed by atoms with van der Waals surface area (Å²) in [5, 5.41) is 3.63. The Hall–Kier alpha value is -1.03. The van der Waals surface area contributed by atoms with Gasteiger partial charge in [-0.05, 0) is 56.4 Å². The monoisotopic (exact) mass is 292 g/mol. The van der Waals surface area contributed by atoms with E-state index in [2.05, 4.69) is 35.3 Å². The fourth-order valence-corrected chi connectivity index (χ4v) is 4.44. The third-order valence-electron chi connectivity index (χ3n) is 4.43. The van der Waals surface area contributed by atoms with Crippen molar-refractivity contribution in [1.82, 2.24) is 0 Å². The van der Waals surface area contributed by atoms with Gasteiger partial charge in [0.25, 0.3) is 0 Å². The number of hydrogen-bond acceptors (Lipinski definition) is 3. The molecule has 0 bridgehead atoms. The highest BCUT2D eigenvalue weighted by Gasteiger charge is 2.18. The SMILES string of the molecule is Cc1cc(N2CCCC2)ccc1NC1CCS(=O)CC1. The molecule has 2 saturated heterocycles. The van der Waals surface area contributed by atoms with Crippen molar-refractivity contribution in [3.05, 3.63) is 23.8 Å². The second-order valence-corrected chi connectivity index (χ2v) is 7.66. The van der Waals surface area contributed by atoms with E-state index in [9.17, 15) is 4.21 Å². The van der Waals surface area contributed by atoms with Crippen LogP contribution in [0.1, 0.15) is 31.2 Å². The molecule has 110 valence electrons. The Morgan fingerprint density at radius 3 is 2.55 bits per heavy atom. The van der Waals surface area contributed by atoms with Gasteiger partial charge in [-0.1, -0.05) is 0 Å². The number of nitrogens with zero attached hydrogens (tertiary/aromatic N) is 1. The molecule has 2 fully saturated rings. The second kappa shape index (κ2) is 6.17. The fraction of sp³-hybridized carbons (Fsp3) is 0.625. The lowest BCUT2D eigenvalue weighted by atomic mass is 10.1. The van der Waals surface area contributed by atoms with Crippen LogP contribution in [-0.4, -0.2) is 34.8 Å². The lowest BCUT2D eigenvalue weighted by Crippen LogP contribution is -2.29. The molecule has 1 N–H and O–H groups in total. The molecule has 1 aromatic rings. The summed E-state index contributed by atoms with van der Waals surface area (Å²) in [5.74, 6) is 1.70. The number of anilines is 2. The summed E-state index contributed by atoms with van der Waals surface area (Å²) in [7, 11) is -0.576. The highest BCUT2D eigenvalue weighted by atomic mass is 32.2. The van der Waals surface area contributed by atoms with Crippen LogP contribution in [0.2, 0.25) is 0 Å². The smallest absolute Gasteiger partial charge is 0.0373 e. The van der Waals surface area contributed by atoms with Crippen LogP contribution in [0.4, 0.5) is 11.4 Å². The van der Waals surface area contributed by atoms with Crippen LogP contribution in [-0.2, 0) is 10.8 Å². The van der Waals surface area contributed by atoms with Gasteiger partial charge in [0.1, 0.15) is 0 Å². The van der Waals surface area contributed by atoms with Gasteiger partial charge in [-0.15, -0.1) is 0 Å². The van der Waals surface area contributed by atoms with Gasteiger partial charge in [-0.25, -0.2) is 0 Å². The maximum Gasteiger partial charge on any atom is 0.0373 e. The molecule has 3 nitrogen and oxygen atoms in total. The number of hydrogen-bond donors (Lipinski definition) is 1. The first kappa shape index (κ1) is 13.9. The minimum absolute atomic E-state index is 0.490. The third-order valence-corrected chi connectivity index (χ3v) is 5.81. The predicted octanol–water partition coefficient (Wildman–Crippen LogP) is 2.92. The molecular weight excluding hydrogens is 268 g/mol. The third kappa shape index (κ3) is 3.17. The Bertz CT molecular complexity index is 487. The van der Waals surface area contributed by atoms with Gasteiger partial charge in [0.2, 0.25) is 0 Å². The van der Waals surface area contributed by atoms with Crippen LogP contribution in [0.25, 0.3) is 0 Å². The maximum atomic E-state index is 11.4. The first-order chi connectivity index (χ1) is 9.72. The minimum Gasteiger partial charge on any atom is -0.382 e. The topological polar surface area (TPSA) is 32.3 Å². The molecule has 0 radical (unpaired) electrons. The Balaban J connectivity index is 1.66. The van der Waals surface area contributed by atoms with Crippen molar-refractivity contribution in [2.24, 2.45) is 0 Å². The summed E-state index contributed by atoms with van der Waals surface area (Å²) in [6.07, 6.45) is 4.69. The summed E-state index contributed by atoms with van der Waals surface area (Å²) in [6.45, 7) is 4.57. The van der Waals surface area contributed by atoms with E-state index in [1.807, 2.05) is 0 Å². The first-order valence-electron chi connectivity index (χ1n) is 7.69. The zero-order valence-electron chi connectivity index (χ0n) is 12.2. The van der Waals surface area contributed by atoms with Crippen LogP contribution < -0.4 is 10.2 Å². The van der Waals surface area contributed by atoms with Gasteiger partial charge in [-0.3, -0.25) is 4.21 Å². The van der Waals surface area contributed by atoms with Gasteiger partial charge >= 0.3 is 0 Å². The van der Waals surface area contributed by atoms with Crippen molar-refractivity contribution in [3.8, 4) is 0 Å². The molecule has 0 saturated carbocycles. The van der Waals surface area contributed by atoms with Gasteiger partial charge in [0.15, 0.2) is 0 Å². The average molecular weight is 292 g/mol. The zero-order chi connectivity index (χ0) is 13.9. The van der Waals surface area contributed by atoms with Crippen molar-refractivity contribution in [2.75, 3.05) is 34.8 Å². The summed E-state index contributed by atoms with van der Waals surface area (Å²) >= 11 is 0. The van der Waals surface area contributed by atoms with Gasteiger partial charge < -0.3 is 10.2 Å². The van der Waals surface area contributed by atoms with E-state index >= 15 is 0 Å². The van der Waals surface area contributed by atoms with Gasteiger partial charge in [0.05, 0.1) is 0 Å². The van der Waals surface area contributed by atoms with Crippen LogP contribution in [0.15, 0.2) is 18.2 Å². The molecule has 0 unspecified atom stereocenters. The van der Waals surface area contributed by atoms with Crippen molar-refractivity contribution in [1.29, 1.82) is 0 Å². The number of aryl methyl sites for hydroxylation is 1. The molecule has 1 aromatic carbocycles. The van der Waals surface area contributed by atoms with E-state index in [0.29, 0.717) is 6.04 Å². The van der Waals surface area contributed by atoms with E-state index in [0.717, 1.165) is 24.3 Å². The molecule has 2 heterocycles. The molecule has 3 rings (SSSR count). The normalized spacial score (nSPS) is 26.8. The zero-order valence-corrected chi connectivity index (χ0v) is 13.0. The quantitative estimate of drug-likeness (QED) is 0.929. The lowest BCUT2D eigenvalue weighted by Gasteiger charge is -2.25. The van der Waals surface area contributed by atoms with E-state index < -0.39 is 10.8 Å². The number of rotatable bonds is 3. The second-order valence-electron chi connectivity index (χ2n) is 5.96. The molecule has 20 heavy (non-hydrogen) atoms. The summed E-state index contributed by atoms with van der Waals surface area (Å²) in [6, 6.07) is 7.24. The highest BCUT2D eigenvalue weighted by molar-refractivity contribution is 7.85. The Kier molecular flexibility index (Phi) is 4.29. The molecule has 0 spiro atoms. The minimum atomic E-state index is -0.576. The molecule has 2 aliphatic heterocycles. The van der Waals surface area contributed by atoms with Crippen LogP contribution in [0.3, 0.4) is 0 Å². The van der Waals surface area contributed by atoms with E-state index in [1.165, 1.54) is 42.9 Å². The van der Waals surface area contributed by atoms with E-state index in [4.69, 9.17) is 0 Å². The van der Waals surface area contributed by atoms with Crippen LogP contribution >= 0.6 is 0 Å². The van der Waals surface area contributed by atoms with E-state index in [-0.39, 0.29) is 0 Å². The number of benzene rings is 1. The Morgan fingerprint density at radius 1 is 1.20 bits per heavy atom. The molecule has 0 amide bonds. The average Bonchev–Trinajstić information content (AvgIpc) is 2.97. The molecule has 2 aliphatic rings. The molecular formula is C16H24N2OS. The maximum absolute atomic E-state index is 11.4. The summed E-state index contributed by atoms with van der Waals surface area (Å²) in [5.41, 5.74) is 3.92. The first-order valence-corrected chi connectivity index (χ1v) is 9.18. The highest BCUT2D eigenvalue weighted by Crippen LogP contribution is 2.27. The summed E-state index contributed by atoms with van der Waals surface area (Å²) < 4.78 is 11.4. The molecule has 0 atom stereocenters. The van der Waals surface area contributed by atoms with E-state index in [1.54, 1.807) is 0 Å². The van der Waals surface area contributed by atoms with Crippen LogP contribution in [0.5, 0.6) is 0 Å². The van der Waals surface area contributed by atoms with Crippen molar-refractivity contribution in [3.63, 3.8) is 0 Å². The number of nitrogens with one attached hydrogen (secondary N) is 1. The van der Waals surface area contributed by atoms with Gasteiger partial charge in [-0.2, -0.15) is 0 Å². The fourth-order valence-electron chi connectivity index (χ4n) is 3.14. The Morgan fingerprint density at radius 2 is 1.90 bits per heavy atom. The van der Waals surface area contributed by atoms with Gasteiger partial charge in [0, 0.05) is 52.8 Å². The Labute approximate surface area is 124 Å². The summed E-state index contributed by atoms with van der Waals surface area (Å²) in [4.78, 5) is 2.47. The molecule has 0 aromatic heterocycles. The largest absolute Gasteiger partial charge is 0.382 e. The van der Waals surface area contributed by atoms with Crippen molar-refractivity contribution < 1.29 is 4.21 Å². The molecule has 4 heteroatoms. The predicted molar refractivity (Wildman–Crippen MR) is 87.1 cm³/mol. The van der Waals surface area contributed by atoms with Crippen LogP contribution in [0, 0.1) is 6.92 Å². The standard InChI is InChI=1S/C16H24N2OS/c1-13-12-15(18-8-2-3-9-18)4-5-16(13)17-14-6-10-20(19)11-7-14/h4-5,12,14,17H,2-3,6-11H2,1H3. The van der Waals surface area contributed by atoms with Crippen molar-refractivity contribution >= 4 is 22.2 Å². The van der Waals surface area contributed by atoms with Crippen molar-refractivity contribution in [2.45, 2.75) is 38.6 Å².